The molecule has 8 heteroatoms. The van der Waals surface area contributed by atoms with Crippen LogP contribution in [0, 0.1) is 12.8 Å². The highest BCUT2D eigenvalue weighted by Gasteiger charge is 2.38. The minimum atomic E-state index is -0.285. The lowest BCUT2D eigenvalue weighted by Crippen LogP contribution is -2.57. The van der Waals surface area contributed by atoms with E-state index in [4.69, 9.17) is 4.74 Å². The van der Waals surface area contributed by atoms with Crippen LogP contribution in [-0.2, 0) is 9.53 Å². The Morgan fingerprint density at radius 3 is 2.55 bits per heavy atom. The number of aryl methyl sites for hydroxylation is 1. The predicted molar refractivity (Wildman–Crippen MR) is 117 cm³/mol. The molecule has 2 fully saturated rings. The van der Waals surface area contributed by atoms with Crippen LogP contribution in [-0.4, -0.2) is 83.6 Å². The molecule has 3 heterocycles. The summed E-state index contributed by atoms with van der Waals surface area (Å²) in [7, 11) is 0. The normalized spacial score (nSPS) is 21.9. The maximum atomic E-state index is 13.2. The van der Waals surface area contributed by atoms with Crippen molar-refractivity contribution in [3.05, 3.63) is 53.9 Å². The summed E-state index contributed by atoms with van der Waals surface area (Å²) < 4.78 is 5.33. The van der Waals surface area contributed by atoms with E-state index in [0.29, 0.717) is 45.3 Å². The molecule has 8 nitrogen and oxygen atoms in total. The SMILES string of the molecule is CCOC(=O)[C@H]1CN(c2ncccn2)C[C@@H]2CN(C(=O)c3ccccc3C)CCN2C1. The molecule has 2 aliphatic heterocycles. The Balaban J connectivity index is 1.56. The second-order valence-corrected chi connectivity index (χ2v) is 8.12. The predicted octanol–water partition coefficient (Wildman–Crippen LogP) is 1.61. The summed E-state index contributed by atoms with van der Waals surface area (Å²) in [5, 5.41) is 0. The van der Waals surface area contributed by atoms with Gasteiger partial charge in [0, 0.05) is 63.3 Å². The van der Waals surface area contributed by atoms with Crippen LogP contribution >= 0.6 is 0 Å². The number of nitrogens with zero attached hydrogens (tertiary/aromatic N) is 5. The second-order valence-electron chi connectivity index (χ2n) is 8.12. The number of rotatable bonds is 4. The van der Waals surface area contributed by atoms with E-state index in [0.717, 1.165) is 17.7 Å². The molecule has 31 heavy (non-hydrogen) atoms. The molecule has 0 aliphatic carbocycles. The number of esters is 1. The van der Waals surface area contributed by atoms with Gasteiger partial charge < -0.3 is 14.5 Å². The third kappa shape index (κ3) is 4.69. The van der Waals surface area contributed by atoms with Gasteiger partial charge in [-0.2, -0.15) is 0 Å². The Morgan fingerprint density at radius 1 is 1.03 bits per heavy atom. The van der Waals surface area contributed by atoms with Crippen LogP contribution < -0.4 is 4.90 Å². The van der Waals surface area contributed by atoms with Gasteiger partial charge in [-0.1, -0.05) is 18.2 Å². The number of amides is 1. The van der Waals surface area contributed by atoms with E-state index in [9.17, 15) is 9.59 Å². The molecule has 1 aromatic carbocycles. The summed E-state index contributed by atoms with van der Waals surface area (Å²) in [4.78, 5) is 40.9. The number of aromatic nitrogens is 2. The Kier molecular flexibility index (Phi) is 6.46. The van der Waals surface area contributed by atoms with Crippen molar-refractivity contribution in [2.45, 2.75) is 19.9 Å². The van der Waals surface area contributed by atoms with E-state index in [2.05, 4.69) is 14.9 Å². The van der Waals surface area contributed by atoms with Gasteiger partial charge >= 0.3 is 5.97 Å². The average molecular weight is 424 g/mol. The van der Waals surface area contributed by atoms with Crippen molar-refractivity contribution < 1.29 is 14.3 Å². The Bertz CT molecular complexity index is 922. The lowest BCUT2D eigenvalue weighted by molar-refractivity contribution is -0.148. The van der Waals surface area contributed by atoms with Gasteiger partial charge in [0.2, 0.25) is 5.95 Å². The highest BCUT2D eigenvalue weighted by molar-refractivity contribution is 5.95. The molecule has 164 valence electrons. The van der Waals surface area contributed by atoms with Crippen molar-refractivity contribution in [3.8, 4) is 0 Å². The van der Waals surface area contributed by atoms with E-state index in [1.807, 2.05) is 47.9 Å². The van der Waals surface area contributed by atoms with E-state index in [-0.39, 0.29) is 23.8 Å². The summed E-state index contributed by atoms with van der Waals surface area (Å²) in [6.07, 6.45) is 3.42. The zero-order chi connectivity index (χ0) is 21.8. The fourth-order valence-electron chi connectivity index (χ4n) is 4.44. The molecule has 0 unspecified atom stereocenters. The average Bonchev–Trinajstić information content (AvgIpc) is 2.99. The number of piperazine rings is 1. The molecular weight excluding hydrogens is 394 g/mol. The first-order valence-corrected chi connectivity index (χ1v) is 10.8. The van der Waals surface area contributed by atoms with Crippen molar-refractivity contribution in [1.82, 2.24) is 19.8 Å². The highest BCUT2D eigenvalue weighted by Crippen LogP contribution is 2.23. The molecule has 1 amide bonds. The van der Waals surface area contributed by atoms with Crippen LogP contribution in [0.4, 0.5) is 5.95 Å². The molecular formula is C23H29N5O3. The largest absolute Gasteiger partial charge is 0.466 e. The Labute approximate surface area is 182 Å². The van der Waals surface area contributed by atoms with Crippen LogP contribution in [0.2, 0.25) is 0 Å². The number of anilines is 1. The lowest BCUT2D eigenvalue weighted by atomic mass is 10.1. The van der Waals surface area contributed by atoms with E-state index in [1.54, 1.807) is 18.5 Å². The van der Waals surface area contributed by atoms with Gasteiger partial charge in [-0.3, -0.25) is 14.5 Å². The van der Waals surface area contributed by atoms with Gasteiger partial charge in [0.15, 0.2) is 0 Å². The van der Waals surface area contributed by atoms with E-state index in [1.165, 1.54) is 0 Å². The monoisotopic (exact) mass is 423 g/mol. The van der Waals surface area contributed by atoms with Gasteiger partial charge in [0.25, 0.3) is 5.91 Å². The number of ether oxygens (including phenoxy) is 1. The highest BCUT2D eigenvalue weighted by atomic mass is 16.5. The zero-order valence-electron chi connectivity index (χ0n) is 18.1. The quantitative estimate of drug-likeness (QED) is 0.692. The second kappa shape index (κ2) is 9.43. The molecule has 2 atom stereocenters. The van der Waals surface area contributed by atoms with Crippen molar-refractivity contribution in [3.63, 3.8) is 0 Å². The molecule has 2 saturated heterocycles. The molecule has 0 saturated carbocycles. The first-order valence-electron chi connectivity index (χ1n) is 10.8. The van der Waals surface area contributed by atoms with Crippen molar-refractivity contribution in [2.24, 2.45) is 5.92 Å². The fourth-order valence-corrected chi connectivity index (χ4v) is 4.44. The third-order valence-electron chi connectivity index (χ3n) is 6.05. The molecule has 0 N–H and O–H groups in total. The summed E-state index contributed by atoms with van der Waals surface area (Å²) in [5.41, 5.74) is 1.73. The van der Waals surface area contributed by atoms with Gasteiger partial charge in [-0.05, 0) is 31.5 Å². The maximum absolute atomic E-state index is 13.2. The van der Waals surface area contributed by atoms with E-state index < -0.39 is 0 Å². The topological polar surface area (TPSA) is 78.9 Å². The first-order chi connectivity index (χ1) is 15.1. The summed E-state index contributed by atoms with van der Waals surface area (Å²) in [6, 6.07) is 9.57. The van der Waals surface area contributed by atoms with Crippen LogP contribution in [0.3, 0.4) is 0 Å². The van der Waals surface area contributed by atoms with Crippen LogP contribution in [0.25, 0.3) is 0 Å². The summed E-state index contributed by atoms with van der Waals surface area (Å²) >= 11 is 0. The van der Waals surface area contributed by atoms with Gasteiger partial charge in [-0.15, -0.1) is 0 Å². The van der Waals surface area contributed by atoms with Crippen molar-refractivity contribution in [1.29, 1.82) is 0 Å². The minimum Gasteiger partial charge on any atom is -0.466 e. The number of benzene rings is 1. The van der Waals surface area contributed by atoms with Crippen LogP contribution in [0.1, 0.15) is 22.8 Å². The minimum absolute atomic E-state index is 0.0615. The van der Waals surface area contributed by atoms with Crippen molar-refractivity contribution >= 4 is 17.8 Å². The number of hydrogen-bond donors (Lipinski definition) is 0. The molecule has 2 aliphatic rings. The molecule has 0 radical (unpaired) electrons. The smallest absolute Gasteiger partial charge is 0.312 e. The molecule has 4 rings (SSSR count). The van der Waals surface area contributed by atoms with Crippen molar-refractivity contribution in [2.75, 3.05) is 50.8 Å². The van der Waals surface area contributed by atoms with Gasteiger partial charge in [-0.25, -0.2) is 9.97 Å². The molecule has 1 aromatic heterocycles. The summed E-state index contributed by atoms with van der Waals surface area (Å²) in [5.74, 6) is 0.183. The van der Waals surface area contributed by atoms with Gasteiger partial charge in [0.1, 0.15) is 0 Å². The zero-order valence-corrected chi connectivity index (χ0v) is 18.1. The number of hydrogen-bond acceptors (Lipinski definition) is 7. The Morgan fingerprint density at radius 2 is 1.81 bits per heavy atom. The van der Waals surface area contributed by atoms with Crippen LogP contribution in [0.15, 0.2) is 42.7 Å². The number of carbonyl (C=O) groups is 2. The number of carbonyl (C=O) groups excluding carboxylic acids is 2. The molecule has 2 aromatic rings. The Hall–Kier alpha value is -3.00. The standard InChI is InChI=1S/C23H29N5O3/c1-3-31-22(30)18-13-26-11-12-27(21(29)20-8-5-4-7-17(20)2)15-19(26)16-28(14-18)23-24-9-6-10-25-23/h4-10,18-19H,3,11-16H2,1-2H3/t18-,19+/m1/s1. The van der Waals surface area contributed by atoms with E-state index >= 15 is 0 Å². The molecule has 0 bridgehead atoms. The lowest BCUT2D eigenvalue weighted by Gasteiger charge is -2.41. The third-order valence-corrected chi connectivity index (χ3v) is 6.05. The summed E-state index contributed by atoms with van der Waals surface area (Å²) in [6.45, 7) is 7.88. The number of fused-ring (bicyclic) bond motifs is 1. The fraction of sp³-hybridized carbons (Fsp3) is 0.478. The van der Waals surface area contributed by atoms with Crippen LogP contribution in [0.5, 0.6) is 0 Å². The maximum Gasteiger partial charge on any atom is 0.312 e. The molecule has 0 spiro atoms. The van der Waals surface area contributed by atoms with Gasteiger partial charge in [0.05, 0.1) is 12.5 Å². The first kappa shape index (κ1) is 21.2.